The molecule has 0 aromatic heterocycles. The number of anilines is 1. The van der Waals surface area contributed by atoms with E-state index in [1.807, 2.05) is 18.2 Å². The molecule has 6 nitrogen and oxygen atoms in total. The van der Waals surface area contributed by atoms with Crippen LogP contribution >= 0.6 is 0 Å². The minimum Gasteiger partial charge on any atom is -0.497 e. The Kier molecular flexibility index (Phi) is 5.48. The van der Waals surface area contributed by atoms with Gasteiger partial charge in [0.1, 0.15) is 17.2 Å². The van der Waals surface area contributed by atoms with Crippen molar-refractivity contribution < 1.29 is 23.8 Å². The molecule has 6 heteroatoms. The van der Waals surface area contributed by atoms with Gasteiger partial charge in [0.15, 0.2) is 12.4 Å². The van der Waals surface area contributed by atoms with E-state index in [9.17, 15) is 9.59 Å². The third kappa shape index (κ3) is 4.33. The maximum atomic E-state index is 12.5. The first-order chi connectivity index (χ1) is 14.6. The Balaban J connectivity index is 1.37. The normalized spacial score (nSPS) is 13.5. The number of rotatable bonds is 6. The number of carbonyl (C=O) groups is 2. The summed E-state index contributed by atoms with van der Waals surface area (Å²) >= 11 is 0. The molecule has 3 aromatic rings. The zero-order chi connectivity index (χ0) is 20.9. The van der Waals surface area contributed by atoms with Gasteiger partial charge >= 0.3 is 0 Å². The number of benzene rings is 3. The maximum absolute atomic E-state index is 12.5. The zero-order valence-electron chi connectivity index (χ0n) is 16.3. The maximum Gasteiger partial charge on any atom is 0.262 e. The number of nitrogens with one attached hydrogen (secondary N) is 1. The molecule has 1 heterocycles. The summed E-state index contributed by atoms with van der Waals surface area (Å²) in [4.78, 5) is 24.5. The number of allylic oxidation sites excluding steroid dienone is 1. The Hall–Kier alpha value is -4.06. The van der Waals surface area contributed by atoms with Gasteiger partial charge in [-0.15, -0.1) is 0 Å². The zero-order valence-corrected chi connectivity index (χ0v) is 16.3. The second kappa shape index (κ2) is 8.53. The topological polar surface area (TPSA) is 73.9 Å². The summed E-state index contributed by atoms with van der Waals surface area (Å²) in [5.74, 6) is 1.48. The number of para-hydroxylation sites is 1. The molecule has 0 saturated carbocycles. The molecule has 0 aliphatic carbocycles. The highest BCUT2D eigenvalue weighted by molar-refractivity contribution is 6.14. The van der Waals surface area contributed by atoms with E-state index in [1.54, 1.807) is 67.8 Å². The number of ketones is 1. The van der Waals surface area contributed by atoms with Crippen molar-refractivity contribution in [3.05, 3.63) is 89.7 Å². The van der Waals surface area contributed by atoms with E-state index < -0.39 is 0 Å². The van der Waals surface area contributed by atoms with E-state index in [1.165, 1.54) is 0 Å². The summed E-state index contributed by atoms with van der Waals surface area (Å²) in [6.45, 7) is -0.103. The van der Waals surface area contributed by atoms with Gasteiger partial charge in [0.25, 0.3) is 5.91 Å². The molecule has 0 unspecified atom stereocenters. The van der Waals surface area contributed by atoms with E-state index >= 15 is 0 Å². The second-order valence-corrected chi connectivity index (χ2v) is 6.57. The molecule has 0 fully saturated rings. The molecular formula is C24H19NO5. The molecule has 0 atom stereocenters. The minimum absolute atomic E-state index is 0.103. The summed E-state index contributed by atoms with van der Waals surface area (Å²) in [7, 11) is 1.56. The minimum atomic E-state index is -0.245. The average Bonchev–Trinajstić information content (AvgIpc) is 3.08. The quantitative estimate of drug-likeness (QED) is 0.623. The molecule has 0 radical (unpaired) electrons. The molecular weight excluding hydrogens is 382 g/mol. The number of methoxy groups -OCH3 is 1. The van der Waals surface area contributed by atoms with Crippen LogP contribution in [0.25, 0.3) is 6.08 Å². The molecule has 0 bridgehead atoms. The SMILES string of the molecule is COc1ccc2c(c1)O/C(=C/c1ccc(OCC(=O)Nc3ccccc3)cc1)C2=O. The third-order valence-electron chi connectivity index (χ3n) is 4.48. The van der Waals surface area contributed by atoms with Gasteiger partial charge in [-0.05, 0) is 48.0 Å². The van der Waals surface area contributed by atoms with Gasteiger partial charge in [-0.3, -0.25) is 9.59 Å². The van der Waals surface area contributed by atoms with Crippen molar-refractivity contribution >= 4 is 23.5 Å². The molecule has 1 amide bonds. The van der Waals surface area contributed by atoms with Gasteiger partial charge in [-0.2, -0.15) is 0 Å². The average molecular weight is 401 g/mol. The molecule has 1 aliphatic heterocycles. The van der Waals surface area contributed by atoms with Crippen molar-refractivity contribution in [1.82, 2.24) is 0 Å². The monoisotopic (exact) mass is 401 g/mol. The van der Waals surface area contributed by atoms with Crippen LogP contribution in [-0.2, 0) is 4.79 Å². The number of amides is 1. The van der Waals surface area contributed by atoms with E-state index in [4.69, 9.17) is 14.2 Å². The third-order valence-corrected chi connectivity index (χ3v) is 4.48. The lowest BCUT2D eigenvalue weighted by atomic mass is 10.1. The summed E-state index contributed by atoms with van der Waals surface area (Å²) in [6.07, 6.45) is 1.67. The molecule has 0 spiro atoms. The van der Waals surface area contributed by atoms with Crippen molar-refractivity contribution in [2.45, 2.75) is 0 Å². The lowest BCUT2D eigenvalue weighted by molar-refractivity contribution is -0.118. The Labute approximate surface area is 173 Å². The number of Topliss-reactive ketones (excluding diaryl/α,β-unsaturated/α-hetero) is 1. The van der Waals surface area contributed by atoms with Gasteiger partial charge in [0.05, 0.1) is 12.7 Å². The molecule has 150 valence electrons. The van der Waals surface area contributed by atoms with E-state index in [0.717, 1.165) is 5.56 Å². The van der Waals surface area contributed by atoms with Gasteiger partial charge in [-0.1, -0.05) is 30.3 Å². The number of carbonyl (C=O) groups excluding carboxylic acids is 2. The van der Waals surface area contributed by atoms with Crippen LogP contribution in [0.15, 0.2) is 78.6 Å². The Bertz CT molecular complexity index is 1100. The van der Waals surface area contributed by atoms with Crippen LogP contribution in [0.2, 0.25) is 0 Å². The van der Waals surface area contributed by atoms with Crippen LogP contribution < -0.4 is 19.5 Å². The molecule has 1 N–H and O–H groups in total. The first-order valence-electron chi connectivity index (χ1n) is 9.32. The lowest BCUT2D eigenvalue weighted by Gasteiger charge is -2.07. The Morgan fingerprint density at radius 2 is 1.73 bits per heavy atom. The van der Waals surface area contributed by atoms with Crippen LogP contribution in [0.5, 0.6) is 17.2 Å². The molecule has 3 aromatic carbocycles. The number of fused-ring (bicyclic) bond motifs is 1. The van der Waals surface area contributed by atoms with Crippen LogP contribution in [0.1, 0.15) is 15.9 Å². The highest BCUT2D eigenvalue weighted by atomic mass is 16.5. The standard InChI is InChI=1S/C24H19NO5/c1-28-19-11-12-20-21(14-19)30-22(24(20)27)13-16-7-9-18(10-8-16)29-15-23(26)25-17-5-3-2-4-6-17/h2-14H,15H2,1H3,(H,25,26)/b22-13+. The molecule has 0 saturated heterocycles. The molecule has 30 heavy (non-hydrogen) atoms. The predicted molar refractivity (Wildman–Crippen MR) is 113 cm³/mol. The van der Waals surface area contributed by atoms with Gasteiger partial charge in [0.2, 0.25) is 5.78 Å². The Morgan fingerprint density at radius 1 is 1.00 bits per heavy atom. The van der Waals surface area contributed by atoms with Crippen LogP contribution in [0, 0.1) is 0 Å². The number of ether oxygens (including phenoxy) is 3. The largest absolute Gasteiger partial charge is 0.497 e. The highest BCUT2D eigenvalue weighted by Crippen LogP contribution is 2.34. The van der Waals surface area contributed by atoms with Crippen LogP contribution in [0.4, 0.5) is 5.69 Å². The number of hydrogen-bond donors (Lipinski definition) is 1. The fourth-order valence-electron chi connectivity index (χ4n) is 2.97. The van der Waals surface area contributed by atoms with Gasteiger partial charge in [-0.25, -0.2) is 0 Å². The fraction of sp³-hybridized carbons (Fsp3) is 0.0833. The first kappa shape index (κ1) is 19.3. The fourth-order valence-corrected chi connectivity index (χ4v) is 2.97. The smallest absolute Gasteiger partial charge is 0.262 e. The van der Waals surface area contributed by atoms with Crippen molar-refractivity contribution in [3.8, 4) is 17.2 Å². The molecule has 4 rings (SSSR count). The highest BCUT2D eigenvalue weighted by Gasteiger charge is 2.27. The summed E-state index contributed by atoms with van der Waals surface area (Å²) < 4.78 is 16.4. The summed E-state index contributed by atoms with van der Waals surface area (Å²) in [5.41, 5.74) is 2.00. The van der Waals surface area contributed by atoms with E-state index in [0.29, 0.717) is 28.5 Å². The van der Waals surface area contributed by atoms with Crippen molar-refractivity contribution in [3.63, 3.8) is 0 Å². The second-order valence-electron chi connectivity index (χ2n) is 6.57. The van der Waals surface area contributed by atoms with E-state index in [2.05, 4.69) is 5.32 Å². The summed E-state index contributed by atoms with van der Waals surface area (Å²) in [5, 5.41) is 2.76. The first-order valence-corrected chi connectivity index (χ1v) is 9.32. The van der Waals surface area contributed by atoms with Crippen molar-refractivity contribution in [2.24, 2.45) is 0 Å². The van der Waals surface area contributed by atoms with Crippen molar-refractivity contribution in [1.29, 1.82) is 0 Å². The summed E-state index contributed by atoms with van der Waals surface area (Å²) in [6, 6.07) is 21.3. The number of hydrogen-bond acceptors (Lipinski definition) is 5. The predicted octanol–water partition coefficient (Wildman–Crippen LogP) is 4.33. The van der Waals surface area contributed by atoms with Crippen molar-refractivity contribution in [2.75, 3.05) is 19.0 Å². The van der Waals surface area contributed by atoms with Crippen LogP contribution in [-0.4, -0.2) is 25.4 Å². The van der Waals surface area contributed by atoms with Gasteiger partial charge < -0.3 is 19.5 Å². The molecule has 1 aliphatic rings. The lowest BCUT2D eigenvalue weighted by Crippen LogP contribution is -2.20. The van der Waals surface area contributed by atoms with Gasteiger partial charge in [0, 0.05) is 11.8 Å². The van der Waals surface area contributed by atoms with E-state index in [-0.39, 0.29) is 24.1 Å². The van der Waals surface area contributed by atoms with Crippen LogP contribution in [0.3, 0.4) is 0 Å². The Morgan fingerprint density at radius 3 is 2.47 bits per heavy atom.